The van der Waals surface area contributed by atoms with Crippen molar-refractivity contribution in [2.45, 2.75) is 44.2 Å². The third-order valence-corrected chi connectivity index (χ3v) is 7.92. The first-order valence-corrected chi connectivity index (χ1v) is 14.7. The maximum Gasteiger partial charge on any atom is 0.513 e. The van der Waals surface area contributed by atoms with Crippen LogP contribution in [-0.2, 0) is 14.1 Å². The Labute approximate surface area is 195 Å². The topological polar surface area (TPSA) is 117 Å². The molecule has 0 amide bonds. The molecule has 33 heavy (non-hydrogen) atoms. The van der Waals surface area contributed by atoms with E-state index in [-0.39, 0.29) is 23.3 Å². The van der Waals surface area contributed by atoms with Gasteiger partial charge in [0, 0.05) is 12.1 Å². The van der Waals surface area contributed by atoms with E-state index in [4.69, 9.17) is 13.8 Å². The molecule has 9 nitrogen and oxygen atoms in total. The Bertz CT molecular complexity index is 1010. The molecule has 182 valence electrons. The molecule has 0 saturated heterocycles. The SMILES string of the molecule is CC[C@@H](C)OC(=O)[C@H](C)NP(=O)(Oc1ccc([N+](=O)[O-])cc1)Oc1ccc(S(C)(C)C)cc1. The Morgan fingerprint density at radius 2 is 1.52 bits per heavy atom. The second kappa shape index (κ2) is 11.0. The Morgan fingerprint density at radius 1 is 1.03 bits per heavy atom. The average Bonchev–Trinajstić information content (AvgIpc) is 2.73. The number of nitrogens with one attached hydrogen (secondary N) is 1. The number of non-ortho nitro benzene ring substituents is 1. The van der Waals surface area contributed by atoms with Gasteiger partial charge in [-0.15, -0.1) is 0 Å². The van der Waals surface area contributed by atoms with Crippen molar-refractivity contribution in [3.8, 4) is 11.5 Å². The van der Waals surface area contributed by atoms with Crippen molar-refractivity contribution in [1.82, 2.24) is 5.09 Å². The summed E-state index contributed by atoms with van der Waals surface area (Å²) in [6.45, 7) is 5.13. The molecule has 2 aromatic carbocycles. The number of carbonyl (C=O) groups is 1. The second-order valence-electron chi connectivity index (χ2n) is 8.25. The number of esters is 1. The summed E-state index contributed by atoms with van der Waals surface area (Å²) in [5.74, 6) is -0.246. The summed E-state index contributed by atoms with van der Waals surface area (Å²) < 4.78 is 30.2. The highest BCUT2D eigenvalue weighted by atomic mass is 32.3. The van der Waals surface area contributed by atoms with E-state index in [9.17, 15) is 19.5 Å². The van der Waals surface area contributed by atoms with Gasteiger partial charge >= 0.3 is 13.7 Å². The van der Waals surface area contributed by atoms with Crippen LogP contribution in [0.3, 0.4) is 0 Å². The molecule has 2 aromatic rings. The number of ether oxygens (including phenoxy) is 1. The van der Waals surface area contributed by atoms with Crippen LogP contribution in [0.15, 0.2) is 53.4 Å². The summed E-state index contributed by atoms with van der Waals surface area (Å²) in [6.07, 6.45) is 6.78. The number of rotatable bonds is 11. The first-order chi connectivity index (χ1) is 15.3. The monoisotopic (exact) mass is 498 g/mol. The normalized spacial score (nSPS) is 15.6. The van der Waals surface area contributed by atoms with Crippen LogP contribution in [0.25, 0.3) is 0 Å². The molecular weight excluding hydrogens is 467 g/mol. The molecule has 0 aliphatic heterocycles. The van der Waals surface area contributed by atoms with E-state index in [1.54, 1.807) is 19.1 Å². The first kappa shape index (κ1) is 26.7. The van der Waals surface area contributed by atoms with Gasteiger partial charge in [-0.3, -0.25) is 14.9 Å². The predicted molar refractivity (Wildman–Crippen MR) is 130 cm³/mol. The van der Waals surface area contributed by atoms with Gasteiger partial charge < -0.3 is 13.8 Å². The highest BCUT2D eigenvalue weighted by Crippen LogP contribution is 2.48. The smallest absolute Gasteiger partial charge is 0.462 e. The van der Waals surface area contributed by atoms with Gasteiger partial charge in [-0.1, -0.05) is 6.92 Å². The first-order valence-electron chi connectivity index (χ1n) is 10.3. The molecule has 0 aliphatic rings. The molecule has 11 heteroatoms. The summed E-state index contributed by atoms with van der Waals surface area (Å²) in [4.78, 5) is 23.9. The van der Waals surface area contributed by atoms with E-state index in [0.717, 1.165) is 4.90 Å². The van der Waals surface area contributed by atoms with Crippen LogP contribution in [0.4, 0.5) is 5.69 Å². The minimum absolute atomic E-state index is 0.0784. The van der Waals surface area contributed by atoms with Gasteiger partial charge in [0.15, 0.2) is 0 Å². The Hall–Kier alpha value is -2.55. The largest absolute Gasteiger partial charge is 0.513 e. The molecule has 0 heterocycles. The number of carbonyl (C=O) groups excluding carboxylic acids is 1. The minimum atomic E-state index is -4.13. The van der Waals surface area contributed by atoms with E-state index >= 15 is 0 Å². The number of nitrogens with zero attached hydrogens (tertiary/aromatic N) is 1. The van der Waals surface area contributed by atoms with Crippen molar-refractivity contribution < 1.29 is 28.1 Å². The molecule has 3 atom stereocenters. The molecule has 1 unspecified atom stereocenters. The van der Waals surface area contributed by atoms with Gasteiger partial charge in [0.05, 0.1) is 11.0 Å². The molecule has 1 N–H and O–H groups in total. The molecular formula is C22H31N2O7PS. The fourth-order valence-corrected chi connectivity index (χ4v) is 5.03. The van der Waals surface area contributed by atoms with Crippen LogP contribution >= 0.6 is 17.8 Å². The average molecular weight is 499 g/mol. The van der Waals surface area contributed by atoms with E-state index in [1.165, 1.54) is 31.2 Å². The Balaban J connectivity index is 2.28. The number of hydrogen-bond acceptors (Lipinski definition) is 7. The zero-order valence-corrected chi connectivity index (χ0v) is 21.4. The van der Waals surface area contributed by atoms with Crippen LogP contribution in [0, 0.1) is 10.1 Å². The van der Waals surface area contributed by atoms with Gasteiger partial charge in [-0.05, 0) is 80.3 Å². The Morgan fingerprint density at radius 3 is 1.94 bits per heavy atom. The lowest BCUT2D eigenvalue weighted by molar-refractivity contribution is -0.384. The van der Waals surface area contributed by atoms with Crippen LogP contribution in [0.2, 0.25) is 0 Å². The van der Waals surface area contributed by atoms with Gasteiger partial charge in [0.2, 0.25) is 0 Å². The highest BCUT2D eigenvalue weighted by molar-refractivity contribution is 8.32. The molecule has 2 rings (SSSR count). The van der Waals surface area contributed by atoms with Gasteiger partial charge in [-0.2, -0.15) is 5.09 Å². The van der Waals surface area contributed by atoms with Crippen molar-refractivity contribution in [1.29, 1.82) is 0 Å². The summed E-state index contributed by atoms with van der Waals surface area (Å²) in [5, 5.41) is 13.5. The maximum atomic E-state index is 13.6. The Kier molecular flexibility index (Phi) is 8.94. The summed E-state index contributed by atoms with van der Waals surface area (Å²) in [6, 6.07) is 11.2. The zero-order valence-electron chi connectivity index (χ0n) is 19.6. The number of nitro benzene ring substituents is 1. The third-order valence-electron chi connectivity index (χ3n) is 4.63. The highest BCUT2D eigenvalue weighted by Gasteiger charge is 2.34. The number of nitro groups is 1. The van der Waals surface area contributed by atoms with E-state index in [0.29, 0.717) is 6.42 Å². The van der Waals surface area contributed by atoms with Crippen LogP contribution < -0.4 is 14.1 Å². The summed E-state index contributed by atoms with van der Waals surface area (Å²) >= 11 is 0. The number of benzene rings is 2. The van der Waals surface area contributed by atoms with Crippen LogP contribution in [0.1, 0.15) is 27.2 Å². The lowest BCUT2D eigenvalue weighted by Gasteiger charge is -2.26. The van der Waals surface area contributed by atoms with Crippen molar-refractivity contribution >= 4 is 29.4 Å². The molecule has 0 radical (unpaired) electrons. The van der Waals surface area contributed by atoms with Gasteiger partial charge in [0.25, 0.3) is 5.69 Å². The van der Waals surface area contributed by atoms with Gasteiger partial charge in [0.1, 0.15) is 17.5 Å². The quantitative estimate of drug-likeness (QED) is 0.186. The third kappa shape index (κ3) is 8.07. The van der Waals surface area contributed by atoms with E-state index < -0.39 is 34.7 Å². The fraction of sp³-hybridized carbons (Fsp3) is 0.409. The molecule has 0 aliphatic carbocycles. The zero-order chi connectivity index (χ0) is 24.8. The minimum Gasteiger partial charge on any atom is -0.462 e. The van der Waals surface area contributed by atoms with E-state index in [1.807, 2.05) is 19.1 Å². The molecule has 0 saturated carbocycles. The second-order valence-corrected chi connectivity index (χ2v) is 14.0. The predicted octanol–water partition coefficient (Wildman–Crippen LogP) is 5.53. The van der Waals surface area contributed by atoms with Crippen molar-refractivity contribution in [3.05, 3.63) is 58.6 Å². The van der Waals surface area contributed by atoms with Gasteiger partial charge in [-0.25, -0.2) is 14.6 Å². The summed E-state index contributed by atoms with van der Waals surface area (Å²) in [7, 11) is -5.09. The lowest BCUT2D eigenvalue weighted by Crippen LogP contribution is -2.37. The van der Waals surface area contributed by atoms with Crippen LogP contribution in [-0.4, -0.2) is 41.8 Å². The van der Waals surface area contributed by atoms with E-state index in [2.05, 4.69) is 23.9 Å². The fourth-order valence-electron chi connectivity index (χ4n) is 2.56. The molecule has 0 spiro atoms. The van der Waals surface area contributed by atoms with Crippen LogP contribution in [0.5, 0.6) is 11.5 Å². The number of hydrogen-bond donors (Lipinski definition) is 1. The van der Waals surface area contributed by atoms with Crippen molar-refractivity contribution in [3.63, 3.8) is 0 Å². The lowest BCUT2D eigenvalue weighted by atomic mass is 10.3. The maximum absolute atomic E-state index is 13.6. The summed E-state index contributed by atoms with van der Waals surface area (Å²) in [5.41, 5.74) is -0.142. The van der Waals surface area contributed by atoms with Crippen molar-refractivity contribution in [2.24, 2.45) is 0 Å². The molecule has 0 fully saturated rings. The van der Waals surface area contributed by atoms with Crippen molar-refractivity contribution in [2.75, 3.05) is 18.8 Å². The standard InChI is InChI=1S/C22H31N2O7PS/c1-7-16(2)29-22(25)17(3)23-32(28,30-19-10-8-18(9-11-19)24(26)27)31-20-12-14-21(15-13-20)33(4,5)6/h8-17H,7H2,1-6H3,(H,23,28)/t16-,17+,32?/m1/s1. The molecule has 0 aromatic heterocycles. The molecule has 0 bridgehead atoms.